The minimum atomic E-state index is -3.88. The van der Waals surface area contributed by atoms with Gasteiger partial charge in [0.1, 0.15) is 0 Å². The van der Waals surface area contributed by atoms with E-state index in [9.17, 15) is 21.6 Å². The van der Waals surface area contributed by atoms with Gasteiger partial charge in [0.15, 0.2) is 10.6 Å². The Hall–Kier alpha value is -2.48. The highest BCUT2D eigenvalue weighted by Gasteiger charge is 2.33. The zero-order valence-electron chi connectivity index (χ0n) is 16.4. The van der Waals surface area contributed by atoms with E-state index in [4.69, 9.17) is 4.42 Å². The van der Waals surface area contributed by atoms with Gasteiger partial charge in [-0.25, -0.2) is 26.6 Å². The first kappa shape index (κ1) is 20.8. The maximum Gasteiger partial charge on any atom is 0.419 e. The van der Waals surface area contributed by atoms with Gasteiger partial charge < -0.3 is 8.98 Å². The average Bonchev–Trinajstić information content (AvgIpc) is 3.14. The summed E-state index contributed by atoms with van der Waals surface area (Å²) in [5, 5.41) is -0.0624. The second-order valence-corrected chi connectivity index (χ2v) is 10.9. The van der Waals surface area contributed by atoms with Gasteiger partial charge in [-0.1, -0.05) is 0 Å². The summed E-state index contributed by atoms with van der Waals surface area (Å²) in [5.41, 5.74) is 0.667. The first-order valence-electron chi connectivity index (χ1n) is 9.18. The van der Waals surface area contributed by atoms with Gasteiger partial charge in [-0.05, 0) is 24.6 Å². The van der Waals surface area contributed by atoms with Crippen molar-refractivity contribution in [2.75, 3.05) is 26.2 Å². The van der Waals surface area contributed by atoms with Crippen LogP contribution >= 0.6 is 0 Å². The average molecular weight is 456 g/mol. The molecule has 11 nitrogen and oxygen atoms in total. The summed E-state index contributed by atoms with van der Waals surface area (Å²) in [5.74, 6) is -0.579. The number of hydrogen-bond donors (Lipinski definition) is 0. The third kappa shape index (κ3) is 3.47. The van der Waals surface area contributed by atoms with Crippen LogP contribution in [0.5, 0.6) is 0 Å². The minimum Gasteiger partial charge on any atom is -0.408 e. The normalized spacial score (nSPS) is 17.4. The molecular formula is C17H21N5O6S2. The van der Waals surface area contributed by atoms with Crippen LogP contribution in [0.3, 0.4) is 0 Å². The maximum atomic E-state index is 13.2. The molecule has 1 aliphatic rings. The van der Waals surface area contributed by atoms with Gasteiger partial charge >= 0.3 is 5.76 Å². The number of oxazole rings is 1. The molecule has 30 heavy (non-hydrogen) atoms. The molecule has 0 spiro atoms. The van der Waals surface area contributed by atoms with E-state index >= 15 is 0 Å². The number of rotatable bonds is 4. The number of imidazole rings is 1. The summed E-state index contributed by atoms with van der Waals surface area (Å²) in [7, 11) is -4.51. The van der Waals surface area contributed by atoms with Gasteiger partial charge in [-0.2, -0.15) is 8.61 Å². The number of fused-ring (bicyclic) bond motifs is 1. The van der Waals surface area contributed by atoms with E-state index in [1.165, 1.54) is 50.9 Å². The van der Waals surface area contributed by atoms with E-state index < -0.39 is 25.8 Å². The molecule has 0 bridgehead atoms. The summed E-state index contributed by atoms with van der Waals surface area (Å²) < 4.78 is 62.3. The monoisotopic (exact) mass is 455 g/mol. The molecule has 0 aliphatic carbocycles. The van der Waals surface area contributed by atoms with E-state index in [0.29, 0.717) is 17.5 Å². The van der Waals surface area contributed by atoms with Gasteiger partial charge in [0.05, 0.1) is 16.7 Å². The molecule has 0 unspecified atom stereocenters. The molecular weight excluding hydrogens is 434 g/mol. The topological polar surface area (TPSA) is 128 Å². The first-order valence-corrected chi connectivity index (χ1v) is 12.1. The lowest BCUT2D eigenvalue weighted by molar-refractivity contribution is 0.403. The fourth-order valence-corrected chi connectivity index (χ4v) is 6.35. The molecule has 0 radical (unpaired) electrons. The van der Waals surface area contributed by atoms with Crippen LogP contribution in [0.1, 0.15) is 6.42 Å². The SMILES string of the molecule is Cn1cnc(S(=O)(=O)N2CCCN(S(=O)(=O)c3ccc4oc(=O)n(C)c4c3)CC2)c1. The lowest BCUT2D eigenvalue weighted by Crippen LogP contribution is -2.37. The van der Waals surface area contributed by atoms with Crippen LogP contribution in [-0.2, 0) is 34.1 Å². The van der Waals surface area contributed by atoms with Crippen LogP contribution in [0, 0.1) is 0 Å². The second-order valence-electron chi connectivity index (χ2n) is 7.10. The Morgan fingerprint density at radius 3 is 2.27 bits per heavy atom. The Balaban J connectivity index is 1.59. The highest BCUT2D eigenvalue weighted by molar-refractivity contribution is 7.89. The van der Waals surface area contributed by atoms with E-state index in [2.05, 4.69) is 4.98 Å². The van der Waals surface area contributed by atoms with Crippen molar-refractivity contribution in [1.29, 1.82) is 0 Å². The van der Waals surface area contributed by atoms with E-state index in [1.54, 1.807) is 11.6 Å². The summed E-state index contributed by atoms with van der Waals surface area (Å²) in [6.07, 6.45) is 3.16. The summed E-state index contributed by atoms with van der Waals surface area (Å²) in [4.78, 5) is 15.6. The highest BCUT2D eigenvalue weighted by Crippen LogP contribution is 2.23. The van der Waals surface area contributed by atoms with Crippen molar-refractivity contribution < 1.29 is 21.3 Å². The molecule has 162 valence electrons. The Morgan fingerprint density at radius 2 is 1.63 bits per heavy atom. The molecule has 4 rings (SSSR count). The quantitative estimate of drug-likeness (QED) is 0.540. The van der Waals surface area contributed by atoms with Crippen LogP contribution < -0.4 is 5.76 Å². The molecule has 3 heterocycles. The van der Waals surface area contributed by atoms with Crippen LogP contribution in [0.4, 0.5) is 0 Å². The van der Waals surface area contributed by atoms with E-state index in [0.717, 1.165) is 0 Å². The summed E-state index contributed by atoms with van der Waals surface area (Å²) >= 11 is 0. The van der Waals surface area contributed by atoms with Crippen molar-refractivity contribution in [3.8, 4) is 0 Å². The highest BCUT2D eigenvalue weighted by atomic mass is 32.2. The van der Waals surface area contributed by atoms with Crippen LogP contribution in [-0.4, -0.2) is 65.7 Å². The Kier molecular flexibility index (Phi) is 5.08. The summed E-state index contributed by atoms with van der Waals surface area (Å²) in [6.45, 7) is 0.403. The number of benzene rings is 1. The van der Waals surface area contributed by atoms with Crippen molar-refractivity contribution in [2.24, 2.45) is 14.1 Å². The molecule has 1 aliphatic heterocycles. The van der Waals surface area contributed by atoms with Crippen LogP contribution in [0.15, 0.2) is 49.9 Å². The van der Waals surface area contributed by atoms with Gasteiger partial charge in [0, 0.05) is 46.5 Å². The molecule has 13 heteroatoms. The second kappa shape index (κ2) is 7.34. The molecule has 0 saturated carbocycles. The van der Waals surface area contributed by atoms with Crippen molar-refractivity contribution in [3.05, 3.63) is 41.3 Å². The Morgan fingerprint density at radius 1 is 0.967 bits per heavy atom. The zero-order valence-corrected chi connectivity index (χ0v) is 18.1. The number of aromatic nitrogens is 3. The van der Waals surface area contributed by atoms with Gasteiger partial charge in [0.2, 0.25) is 10.0 Å². The maximum absolute atomic E-state index is 13.2. The number of nitrogens with zero attached hydrogens (tertiary/aromatic N) is 5. The molecule has 3 aromatic rings. The lowest BCUT2D eigenvalue weighted by atomic mass is 10.3. The number of hydrogen-bond acceptors (Lipinski definition) is 7. The third-order valence-corrected chi connectivity index (χ3v) is 8.78. The number of sulfonamides is 2. The first-order chi connectivity index (χ1) is 14.1. The predicted octanol–water partition coefficient (Wildman–Crippen LogP) is -0.0497. The summed E-state index contributed by atoms with van der Waals surface area (Å²) in [6, 6.07) is 4.22. The smallest absolute Gasteiger partial charge is 0.408 e. The van der Waals surface area contributed by atoms with Gasteiger partial charge in [-0.3, -0.25) is 4.57 Å². The van der Waals surface area contributed by atoms with E-state index in [-0.39, 0.29) is 36.1 Å². The molecule has 1 aromatic carbocycles. The van der Waals surface area contributed by atoms with Gasteiger partial charge in [0.25, 0.3) is 10.0 Å². The van der Waals surface area contributed by atoms with Crippen molar-refractivity contribution >= 4 is 31.1 Å². The standard InChI is InChI=1S/C17H21N5O6S2/c1-19-11-16(18-12-19)30(26,27)22-7-3-6-21(8-9-22)29(24,25)13-4-5-15-14(10-13)20(2)17(23)28-15/h4-5,10-12H,3,6-9H2,1-2H3. The molecule has 0 atom stereocenters. The fourth-order valence-electron chi connectivity index (χ4n) is 3.42. The van der Waals surface area contributed by atoms with E-state index in [1.807, 2.05) is 0 Å². The van der Waals surface area contributed by atoms with Crippen molar-refractivity contribution in [2.45, 2.75) is 16.3 Å². The minimum absolute atomic E-state index is 0.0107. The van der Waals surface area contributed by atoms with Crippen molar-refractivity contribution in [3.63, 3.8) is 0 Å². The third-order valence-electron chi connectivity index (χ3n) is 5.10. The van der Waals surface area contributed by atoms with Crippen LogP contribution in [0.25, 0.3) is 11.1 Å². The largest absolute Gasteiger partial charge is 0.419 e. The molecule has 0 N–H and O–H groups in total. The number of aryl methyl sites for hydroxylation is 2. The Labute approximate surface area is 173 Å². The molecule has 2 aromatic heterocycles. The zero-order chi connectivity index (χ0) is 21.7. The van der Waals surface area contributed by atoms with Crippen molar-refractivity contribution in [1.82, 2.24) is 22.7 Å². The van der Waals surface area contributed by atoms with Gasteiger partial charge in [-0.15, -0.1) is 0 Å². The lowest BCUT2D eigenvalue weighted by Gasteiger charge is -2.21. The predicted molar refractivity (Wildman–Crippen MR) is 107 cm³/mol. The molecule has 1 fully saturated rings. The fraction of sp³-hybridized carbons (Fsp3) is 0.412. The molecule has 1 saturated heterocycles. The Bertz CT molecular complexity index is 1370. The molecule has 0 amide bonds. The van der Waals surface area contributed by atoms with Crippen LogP contribution in [0.2, 0.25) is 0 Å².